The SMILES string of the molecule is O=C(CCC(=O)c1ccc(F)cc1)N[C@H]1C[C@H]2CO[C@@H](CCO)CN2C1. The Morgan fingerprint density at radius 3 is 2.73 bits per heavy atom. The van der Waals surface area contributed by atoms with Crippen molar-refractivity contribution >= 4 is 11.7 Å². The zero-order chi connectivity index (χ0) is 18.5. The van der Waals surface area contributed by atoms with Crippen LogP contribution < -0.4 is 5.32 Å². The summed E-state index contributed by atoms with van der Waals surface area (Å²) in [5, 5.41) is 12.0. The number of nitrogens with one attached hydrogen (secondary N) is 1. The van der Waals surface area contributed by atoms with Gasteiger partial charge in [0.25, 0.3) is 0 Å². The third-order valence-corrected chi connectivity index (χ3v) is 5.05. The molecule has 3 atom stereocenters. The average Bonchev–Trinajstić information content (AvgIpc) is 3.02. The molecule has 2 aliphatic heterocycles. The molecule has 142 valence electrons. The number of hydrogen-bond donors (Lipinski definition) is 2. The van der Waals surface area contributed by atoms with Gasteiger partial charge in [0, 0.05) is 50.2 Å². The number of aliphatic hydroxyl groups is 1. The molecule has 2 heterocycles. The molecule has 6 nitrogen and oxygen atoms in total. The third kappa shape index (κ3) is 4.87. The van der Waals surface area contributed by atoms with Gasteiger partial charge < -0.3 is 15.2 Å². The van der Waals surface area contributed by atoms with Gasteiger partial charge in [0.2, 0.25) is 5.91 Å². The Balaban J connectivity index is 1.41. The van der Waals surface area contributed by atoms with Gasteiger partial charge in [-0.15, -0.1) is 0 Å². The highest BCUT2D eigenvalue weighted by molar-refractivity contribution is 5.97. The molecule has 2 aliphatic rings. The van der Waals surface area contributed by atoms with Gasteiger partial charge in [0.15, 0.2) is 5.78 Å². The smallest absolute Gasteiger partial charge is 0.220 e. The minimum Gasteiger partial charge on any atom is -0.396 e. The second-order valence-electron chi connectivity index (χ2n) is 7.01. The molecule has 0 bridgehead atoms. The first-order chi connectivity index (χ1) is 12.5. The van der Waals surface area contributed by atoms with Crippen molar-refractivity contribution in [1.82, 2.24) is 10.2 Å². The van der Waals surface area contributed by atoms with Gasteiger partial charge in [-0.2, -0.15) is 0 Å². The molecule has 1 aromatic carbocycles. The van der Waals surface area contributed by atoms with Gasteiger partial charge in [-0.1, -0.05) is 0 Å². The Labute approximate surface area is 152 Å². The van der Waals surface area contributed by atoms with Crippen molar-refractivity contribution in [2.75, 3.05) is 26.3 Å². The van der Waals surface area contributed by atoms with E-state index in [0.717, 1.165) is 19.5 Å². The quantitative estimate of drug-likeness (QED) is 0.709. The number of carbonyl (C=O) groups is 2. The predicted octanol–water partition coefficient (Wildman–Crippen LogP) is 1.13. The number of fused-ring (bicyclic) bond motifs is 1. The van der Waals surface area contributed by atoms with E-state index in [1.807, 2.05) is 0 Å². The predicted molar refractivity (Wildman–Crippen MR) is 93.3 cm³/mol. The van der Waals surface area contributed by atoms with E-state index in [2.05, 4.69) is 10.2 Å². The molecular weight excluding hydrogens is 339 g/mol. The molecular formula is C19H25FN2O4. The second-order valence-corrected chi connectivity index (χ2v) is 7.01. The number of ketones is 1. The number of benzene rings is 1. The lowest BCUT2D eigenvalue weighted by molar-refractivity contribution is -0.121. The molecule has 3 rings (SSSR count). The highest BCUT2D eigenvalue weighted by atomic mass is 19.1. The van der Waals surface area contributed by atoms with E-state index >= 15 is 0 Å². The molecule has 1 amide bonds. The number of ether oxygens (including phenoxy) is 1. The molecule has 0 radical (unpaired) electrons. The lowest BCUT2D eigenvalue weighted by atomic mass is 10.1. The summed E-state index contributed by atoms with van der Waals surface area (Å²) in [6, 6.07) is 5.73. The van der Waals surface area contributed by atoms with Crippen LogP contribution in [0.1, 0.15) is 36.0 Å². The number of morpholine rings is 1. The molecule has 0 aliphatic carbocycles. The minimum absolute atomic E-state index is 0.0547. The van der Waals surface area contributed by atoms with E-state index in [4.69, 9.17) is 9.84 Å². The van der Waals surface area contributed by atoms with Crippen molar-refractivity contribution in [3.63, 3.8) is 0 Å². The summed E-state index contributed by atoms with van der Waals surface area (Å²) in [5.41, 5.74) is 0.421. The zero-order valence-corrected chi connectivity index (χ0v) is 14.7. The van der Waals surface area contributed by atoms with Crippen LogP contribution in [0, 0.1) is 5.82 Å². The maximum Gasteiger partial charge on any atom is 0.220 e. The molecule has 2 N–H and O–H groups in total. The van der Waals surface area contributed by atoms with Gasteiger partial charge in [-0.25, -0.2) is 4.39 Å². The van der Waals surface area contributed by atoms with Gasteiger partial charge in [-0.3, -0.25) is 14.5 Å². The first-order valence-corrected chi connectivity index (χ1v) is 9.10. The molecule has 1 aromatic rings. The Hall–Kier alpha value is -1.83. The third-order valence-electron chi connectivity index (χ3n) is 5.05. The summed E-state index contributed by atoms with van der Waals surface area (Å²) in [4.78, 5) is 26.5. The van der Waals surface area contributed by atoms with Crippen LogP contribution in [-0.4, -0.2) is 66.2 Å². The first kappa shape index (κ1) is 18.9. The maximum absolute atomic E-state index is 12.9. The van der Waals surface area contributed by atoms with E-state index < -0.39 is 0 Å². The number of rotatable bonds is 7. The fraction of sp³-hybridized carbons (Fsp3) is 0.579. The van der Waals surface area contributed by atoms with Gasteiger partial charge in [0.05, 0.1) is 12.7 Å². The lowest BCUT2D eigenvalue weighted by Crippen LogP contribution is -2.46. The number of halogens is 1. The highest BCUT2D eigenvalue weighted by Crippen LogP contribution is 2.24. The second kappa shape index (κ2) is 8.70. The topological polar surface area (TPSA) is 78.9 Å². The van der Waals surface area contributed by atoms with E-state index in [-0.39, 0.29) is 49.1 Å². The summed E-state index contributed by atoms with van der Waals surface area (Å²) < 4.78 is 18.6. The van der Waals surface area contributed by atoms with Crippen LogP contribution in [0.4, 0.5) is 4.39 Å². The number of nitrogens with zero attached hydrogens (tertiary/aromatic N) is 1. The van der Waals surface area contributed by atoms with Crippen LogP contribution >= 0.6 is 0 Å². The first-order valence-electron chi connectivity index (χ1n) is 9.10. The Morgan fingerprint density at radius 2 is 2.00 bits per heavy atom. The number of hydrogen-bond acceptors (Lipinski definition) is 5. The van der Waals surface area contributed by atoms with Crippen molar-refractivity contribution in [2.45, 2.75) is 43.9 Å². The largest absolute Gasteiger partial charge is 0.396 e. The van der Waals surface area contributed by atoms with E-state index in [1.165, 1.54) is 24.3 Å². The molecule has 0 saturated carbocycles. The van der Waals surface area contributed by atoms with Crippen molar-refractivity contribution in [3.05, 3.63) is 35.6 Å². The number of aliphatic hydroxyl groups excluding tert-OH is 1. The van der Waals surface area contributed by atoms with Gasteiger partial charge in [-0.05, 0) is 37.1 Å². The van der Waals surface area contributed by atoms with Crippen molar-refractivity contribution in [3.8, 4) is 0 Å². The van der Waals surface area contributed by atoms with Crippen LogP contribution in [0.5, 0.6) is 0 Å². The summed E-state index contributed by atoms with van der Waals surface area (Å²) >= 11 is 0. The fourth-order valence-corrected chi connectivity index (χ4v) is 3.67. The normalized spacial score (nSPS) is 25.7. The Morgan fingerprint density at radius 1 is 1.23 bits per heavy atom. The monoisotopic (exact) mass is 364 g/mol. The number of amides is 1. The zero-order valence-electron chi connectivity index (χ0n) is 14.7. The van der Waals surface area contributed by atoms with Crippen molar-refractivity contribution in [2.24, 2.45) is 0 Å². The van der Waals surface area contributed by atoms with Crippen molar-refractivity contribution < 1.29 is 23.8 Å². The average molecular weight is 364 g/mol. The summed E-state index contributed by atoms with van der Waals surface area (Å²) in [6.07, 6.45) is 1.76. The maximum atomic E-state index is 12.9. The van der Waals surface area contributed by atoms with Gasteiger partial charge in [0.1, 0.15) is 5.82 Å². The molecule has 2 saturated heterocycles. The van der Waals surface area contributed by atoms with Gasteiger partial charge >= 0.3 is 0 Å². The Bertz CT molecular complexity index is 637. The summed E-state index contributed by atoms with van der Waals surface area (Å²) in [7, 11) is 0. The van der Waals surface area contributed by atoms with Crippen molar-refractivity contribution in [1.29, 1.82) is 0 Å². The molecule has 0 unspecified atom stereocenters. The molecule has 0 aromatic heterocycles. The van der Waals surface area contributed by atoms with Crippen LogP contribution in [0.25, 0.3) is 0 Å². The fourth-order valence-electron chi connectivity index (χ4n) is 3.67. The molecule has 7 heteroatoms. The minimum atomic E-state index is -0.387. The summed E-state index contributed by atoms with van der Waals surface area (Å²) in [5.74, 6) is -0.690. The van der Waals surface area contributed by atoms with Crippen LogP contribution in [-0.2, 0) is 9.53 Å². The van der Waals surface area contributed by atoms with E-state index in [0.29, 0.717) is 24.6 Å². The Kier molecular flexibility index (Phi) is 6.34. The van der Waals surface area contributed by atoms with Crippen LogP contribution in [0.2, 0.25) is 0 Å². The number of Topliss-reactive ketones (excluding diaryl/α,β-unsaturated/α-hetero) is 1. The van der Waals surface area contributed by atoms with Crippen LogP contribution in [0.3, 0.4) is 0 Å². The van der Waals surface area contributed by atoms with E-state index in [1.54, 1.807) is 0 Å². The number of carbonyl (C=O) groups excluding carboxylic acids is 2. The molecule has 2 fully saturated rings. The van der Waals surface area contributed by atoms with E-state index in [9.17, 15) is 14.0 Å². The summed E-state index contributed by atoms with van der Waals surface area (Å²) in [6.45, 7) is 2.29. The lowest BCUT2D eigenvalue weighted by Gasteiger charge is -2.34. The van der Waals surface area contributed by atoms with Crippen LogP contribution in [0.15, 0.2) is 24.3 Å². The highest BCUT2D eigenvalue weighted by Gasteiger charge is 2.37. The molecule has 26 heavy (non-hydrogen) atoms. The molecule has 0 spiro atoms. The standard InChI is InChI=1S/C19H25FN2O4/c20-14-3-1-13(2-4-14)18(24)5-6-19(25)21-15-9-16-12-26-17(7-8-23)11-22(16)10-15/h1-4,15-17,23H,5-12H2,(H,21,25)/t15-,16-,17-/m0/s1.